The van der Waals surface area contributed by atoms with Crippen LogP contribution in [0.5, 0.6) is 5.75 Å². The number of carbonyl (C=O) groups excluding carboxylic acids is 4. The first kappa shape index (κ1) is 23.8. The van der Waals surface area contributed by atoms with Crippen LogP contribution in [-0.2, 0) is 21.7 Å². The van der Waals surface area contributed by atoms with Crippen molar-refractivity contribution in [3.8, 4) is 5.75 Å². The standard InChI is InChI=1S/C27H30N4O5/c1-36-20-8-5-18(6-9-20)27(13-3-2-4-14-27)30-26(35)28-19-7-10-21-17(15-19)16-31(25(21)34)22-11-12-23(32)29-24(22)33/h5-10,15,22H,2-4,11-14,16H2,1H3,(H2,28,30,35)(H,29,32,33). The van der Waals surface area contributed by atoms with Gasteiger partial charge in [-0.2, -0.15) is 0 Å². The van der Waals surface area contributed by atoms with Crippen LogP contribution in [0.4, 0.5) is 10.5 Å². The highest BCUT2D eigenvalue weighted by Crippen LogP contribution is 2.38. The average molecular weight is 491 g/mol. The summed E-state index contributed by atoms with van der Waals surface area (Å²) in [6.45, 7) is 0.257. The minimum absolute atomic E-state index is 0.208. The lowest BCUT2D eigenvalue weighted by Crippen LogP contribution is -2.52. The van der Waals surface area contributed by atoms with Crippen LogP contribution >= 0.6 is 0 Å². The van der Waals surface area contributed by atoms with Crippen LogP contribution in [-0.4, -0.2) is 41.8 Å². The summed E-state index contributed by atoms with van der Waals surface area (Å²) in [6.07, 6.45) is 5.43. The second-order valence-electron chi connectivity index (χ2n) is 9.72. The van der Waals surface area contributed by atoms with E-state index in [1.165, 1.54) is 4.90 Å². The number of imide groups is 1. The fourth-order valence-corrected chi connectivity index (χ4v) is 5.58. The van der Waals surface area contributed by atoms with Gasteiger partial charge in [-0.05, 0) is 60.7 Å². The molecule has 188 valence electrons. The van der Waals surface area contributed by atoms with Crippen LogP contribution in [0.2, 0.25) is 0 Å². The number of benzene rings is 2. The molecule has 0 spiro atoms. The molecular formula is C27H30N4O5. The molecule has 1 atom stereocenters. The van der Waals surface area contributed by atoms with Crippen LogP contribution in [0, 0.1) is 0 Å². The van der Waals surface area contributed by atoms with Gasteiger partial charge in [0, 0.05) is 24.2 Å². The highest BCUT2D eigenvalue weighted by Gasteiger charge is 2.39. The van der Waals surface area contributed by atoms with Gasteiger partial charge in [0.2, 0.25) is 11.8 Å². The summed E-state index contributed by atoms with van der Waals surface area (Å²) in [7, 11) is 1.63. The van der Waals surface area contributed by atoms with E-state index in [0.717, 1.165) is 49.0 Å². The number of piperidine rings is 1. The summed E-state index contributed by atoms with van der Waals surface area (Å²) in [5, 5.41) is 8.47. The van der Waals surface area contributed by atoms with Crippen molar-refractivity contribution in [3.05, 3.63) is 59.2 Å². The van der Waals surface area contributed by atoms with Crippen molar-refractivity contribution in [2.24, 2.45) is 0 Å². The fraction of sp³-hybridized carbons (Fsp3) is 0.407. The molecule has 5 rings (SSSR count). The molecular weight excluding hydrogens is 460 g/mol. The van der Waals surface area contributed by atoms with Gasteiger partial charge in [-0.25, -0.2) is 4.79 Å². The molecule has 2 fully saturated rings. The average Bonchev–Trinajstić information content (AvgIpc) is 3.20. The van der Waals surface area contributed by atoms with E-state index in [-0.39, 0.29) is 30.8 Å². The van der Waals surface area contributed by atoms with Crippen molar-refractivity contribution in [2.45, 2.75) is 63.1 Å². The molecule has 0 bridgehead atoms. The maximum atomic E-state index is 13.1. The zero-order valence-electron chi connectivity index (χ0n) is 20.3. The second kappa shape index (κ2) is 9.64. The normalized spacial score (nSPS) is 21.0. The molecule has 0 radical (unpaired) electrons. The third-order valence-corrected chi connectivity index (χ3v) is 7.48. The first-order chi connectivity index (χ1) is 17.4. The minimum Gasteiger partial charge on any atom is -0.497 e. The predicted octanol–water partition coefficient (Wildman–Crippen LogP) is 3.44. The Morgan fingerprint density at radius 3 is 2.50 bits per heavy atom. The molecule has 1 saturated carbocycles. The monoisotopic (exact) mass is 490 g/mol. The first-order valence-electron chi connectivity index (χ1n) is 12.4. The van der Waals surface area contributed by atoms with Crippen molar-refractivity contribution in [3.63, 3.8) is 0 Å². The van der Waals surface area contributed by atoms with Crippen molar-refractivity contribution in [1.29, 1.82) is 0 Å². The predicted molar refractivity (Wildman–Crippen MR) is 132 cm³/mol. The smallest absolute Gasteiger partial charge is 0.319 e. The highest BCUT2D eigenvalue weighted by atomic mass is 16.5. The molecule has 3 N–H and O–H groups in total. The van der Waals surface area contributed by atoms with Crippen molar-refractivity contribution >= 4 is 29.4 Å². The lowest BCUT2D eigenvalue weighted by atomic mass is 9.76. The van der Waals surface area contributed by atoms with Gasteiger partial charge in [0.15, 0.2) is 0 Å². The summed E-state index contributed by atoms with van der Waals surface area (Å²) in [5.74, 6) is -0.228. The van der Waals surface area contributed by atoms with Crippen LogP contribution < -0.4 is 20.7 Å². The minimum atomic E-state index is -0.669. The number of methoxy groups -OCH3 is 1. The number of urea groups is 1. The van der Waals surface area contributed by atoms with Crippen LogP contribution in [0.1, 0.15) is 66.4 Å². The van der Waals surface area contributed by atoms with Gasteiger partial charge < -0.3 is 20.3 Å². The molecule has 2 aromatic rings. The van der Waals surface area contributed by atoms with E-state index in [4.69, 9.17) is 4.74 Å². The van der Waals surface area contributed by atoms with Crippen molar-refractivity contribution in [1.82, 2.24) is 15.5 Å². The highest BCUT2D eigenvalue weighted by molar-refractivity contribution is 6.05. The number of hydrogen-bond acceptors (Lipinski definition) is 5. The Labute approximate surface area is 209 Å². The molecule has 2 heterocycles. The molecule has 3 aliphatic rings. The Bertz CT molecular complexity index is 1200. The van der Waals surface area contributed by atoms with E-state index in [2.05, 4.69) is 16.0 Å². The van der Waals surface area contributed by atoms with Gasteiger partial charge in [0.05, 0.1) is 12.6 Å². The van der Waals surface area contributed by atoms with Crippen LogP contribution in [0.3, 0.4) is 0 Å². The van der Waals surface area contributed by atoms with Crippen LogP contribution in [0.15, 0.2) is 42.5 Å². The number of carbonyl (C=O) groups is 4. The summed E-state index contributed by atoms with van der Waals surface area (Å²) in [4.78, 5) is 51.3. The van der Waals surface area contributed by atoms with Gasteiger partial charge in [0.1, 0.15) is 11.8 Å². The molecule has 5 amide bonds. The number of amides is 5. The maximum absolute atomic E-state index is 13.1. The Morgan fingerprint density at radius 2 is 1.81 bits per heavy atom. The largest absolute Gasteiger partial charge is 0.497 e. The molecule has 9 nitrogen and oxygen atoms in total. The summed E-state index contributed by atoms with van der Waals surface area (Å²) in [6, 6.07) is 12.0. The van der Waals surface area contributed by atoms with Crippen LogP contribution in [0.25, 0.3) is 0 Å². The number of hydrogen-bond donors (Lipinski definition) is 3. The van der Waals surface area contributed by atoms with E-state index in [1.807, 2.05) is 24.3 Å². The Balaban J connectivity index is 1.29. The van der Waals surface area contributed by atoms with E-state index >= 15 is 0 Å². The Morgan fingerprint density at radius 1 is 1.06 bits per heavy atom. The van der Waals surface area contributed by atoms with E-state index < -0.39 is 17.5 Å². The number of nitrogens with one attached hydrogen (secondary N) is 3. The first-order valence-corrected chi connectivity index (χ1v) is 12.4. The number of anilines is 1. The number of ether oxygens (including phenoxy) is 1. The van der Waals surface area contributed by atoms with Gasteiger partial charge in [-0.15, -0.1) is 0 Å². The Hall–Kier alpha value is -3.88. The van der Waals surface area contributed by atoms with Crippen molar-refractivity contribution in [2.75, 3.05) is 12.4 Å². The van der Waals surface area contributed by atoms with Gasteiger partial charge in [-0.3, -0.25) is 19.7 Å². The molecule has 2 aliphatic heterocycles. The summed E-state index contributed by atoms with van der Waals surface area (Å²) >= 11 is 0. The number of fused-ring (bicyclic) bond motifs is 1. The quantitative estimate of drug-likeness (QED) is 0.555. The zero-order valence-corrected chi connectivity index (χ0v) is 20.3. The molecule has 2 aromatic carbocycles. The van der Waals surface area contributed by atoms with Gasteiger partial charge >= 0.3 is 6.03 Å². The van der Waals surface area contributed by atoms with Crippen molar-refractivity contribution < 1.29 is 23.9 Å². The second-order valence-corrected chi connectivity index (χ2v) is 9.72. The SMILES string of the molecule is COc1ccc(C2(NC(=O)Nc3ccc4c(c3)CN(C3CCC(=O)NC3=O)C4=O)CCCCC2)cc1. The number of rotatable bonds is 5. The molecule has 1 aliphatic carbocycles. The van der Waals surface area contributed by atoms with E-state index in [9.17, 15) is 19.2 Å². The van der Waals surface area contributed by atoms with Gasteiger partial charge in [0.25, 0.3) is 5.91 Å². The summed E-state index contributed by atoms with van der Waals surface area (Å²) in [5.41, 5.74) is 2.42. The fourth-order valence-electron chi connectivity index (χ4n) is 5.58. The van der Waals surface area contributed by atoms with E-state index in [1.54, 1.807) is 25.3 Å². The molecule has 9 heteroatoms. The zero-order chi connectivity index (χ0) is 25.3. The lowest BCUT2D eigenvalue weighted by Gasteiger charge is -2.38. The summed E-state index contributed by atoms with van der Waals surface area (Å²) < 4.78 is 5.29. The third kappa shape index (κ3) is 4.53. The lowest BCUT2D eigenvalue weighted by molar-refractivity contribution is -0.136. The molecule has 1 unspecified atom stereocenters. The molecule has 1 saturated heterocycles. The Kier molecular flexibility index (Phi) is 6.38. The maximum Gasteiger partial charge on any atom is 0.319 e. The topological polar surface area (TPSA) is 117 Å². The molecule has 36 heavy (non-hydrogen) atoms. The van der Waals surface area contributed by atoms with Gasteiger partial charge in [-0.1, -0.05) is 31.4 Å². The molecule has 0 aromatic heterocycles. The van der Waals surface area contributed by atoms with E-state index in [0.29, 0.717) is 17.7 Å². The number of nitrogens with zero attached hydrogens (tertiary/aromatic N) is 1. The third-order valence-electron chi connectivity index (χ3n) is 7.48.